The zero-order chi connectivity index (χ0) is 18.1. The normalized spacial score (nSPS) is 17.7. The molecule has 3 aromatic rings. The van der Waals surface area contributed by atoms with E-state index >= 15 is 0 Å². The van der Waals surface area contributed by atoms with E-state index in [4.69, 9.17) is 9.40 Å². The van der Waals surface area contributed by atoms with Crippen LogP contribution >= 0.6 is 0 Å². The number of hydrogen-bond donors (Lipinski definition) is 1. The van der Waals surface area contributed by atoms with Gasteiger partial charge in [-0.25, -0.2) is 4.98 Å². The van der Waals surface area contributed by atoms with Gasteiger partial charge in [0.2, 0.25) is 11.8 Å². The van der Waals surface area contributed by atoms with Gasteiger partial charge in [0, 0.05) is 38.2 Å². The largest absolute Gasteiger partial charge is 0.441 e. The molecule has 0 spiro atoms. The quantitative estimate of drug-likeness (QED) is 0.783. The van der Waals surface area contributed by atoms with Gasteiger partial charge < -0.3 is 9.73 Å². The molecule has 5 nitrogen and oxygen atoms in total. The minimum Gasteiger partial charge on any atom is -0.441 e. The Bertz CT molecular complexity index is 947. The molecule has 2 heterocycles. The first-order valence-electron chi connectivity index (χ1n) is 9.03. The van der Waals surface area contributed by atoms with Crippen LogP contribution in [0, 0.1) is 6.92 Å². The summed E-state index contributed by atoms with van der Waals surface area (Å²) in [6.45, 7) is 6.10. The van der Waals surface area contributed by atoms with Gasteiger partial charge in [-0.05, 0) is 36.2 Å². The van der Waals surface area contributed by atoms with E-state index in [2.05, 4.69) is 40.5 Å². The Kier molecular flexibility index (Phi) is 4.47. The molecule has 26 heavy (non-hydrogen) atoms. The maximum absolute atomic E-state index is 11.2. The standard InChI is InChI=1S/C21H23N3O2/c1-14-20(13-24-10-9-19(12-24)22-15(2)25)23-21(26-14)18-8-7-16-5-3-4-6-17(16)11-18/h3-8,11,19H,9-10,12-13H2,1-2H3,(H,22,25)/t19-/m1/s1. The average Bonchev–Trinajstić information content (AvgIpc) is 3.21. The highest BCUT2D eigenvalue weighted by Gasteiger charge is 2.24. The lowest BCUT2D eigenvalue weighted by molar-refractivity contribution is -0.119. The van der Waals surface area contributed by atoms with E-state index in [0.29, 0.717) is 5.89 Å². The van der Waals surface area contributed by atoms with Crippen molar-refractivity contribution in [1.29, 1.82) is 0 Å². The minimum absolute atomic E-state index is 0.0352. The van der Waals surface area contributed by atoms with Gasteiger partial charge in [-0.2, -0.15) is 0 Å². The Morgan fingerprint density at radius 3 is 2.88 bits per heavy atom. The van der Waals surface area contributed by atoms with Crippen LogP contribution < -0.4 is 5.32 Å². The zero-order valence-electron chi connectivity index (χ0n) is 15.2. The van der Waals surface area contributed by atoms with Gasteiger partial charge in [0.25, 0.3) is 0 Å². The highest BCUT2D eigenvalue weighted by Crippen LogP contribution is 2.26. The van der Waals surface area contributed by atoms with E-state index in [1.807, 2.05) is 19.1 Å². The summed E-state index contributed by atoms with van der Waals surface area (Å²) in [7, 11) is 0. The molecule has 1 aromatic heterocycles. The summed E-state index contributed by atoms with van der Waals surface area (Å²) >= 11 is 0. The summed E-state index contributed by atoms with van der Waals surface area (Å²) in [5.74, 6) is 1.56. The SMILES string of the molecule is CC(=O)N[C@@H]1CCN(Cc2nc(-c3ccc4ccccc4c3)oc2C)C1. The third-order valence-electron chi connectivity index (χ3n) is 4.94. The number of rotatable bonds is 4. The first kappa shape index (κ1) is 16.8. The van der Waals surface area contributed by atoms with Gasteiger partial charge in [-0.3, -0.25) is 9.69 Å². The number of aryl methyl sites for hydroxylation is 1. The number of likely N-dealkylation sites (tertiary alicyclic amines) is 1. The number of oxazole rings is 1. The first-order chi connectivity index (χ1) is 12.6. The maximum atomic E-state index is 11.2. The fourth-order valence-corrected chi connectivity index (χ4v) is 3.61. The van der Waals surface area contributed by atoms with E-state index in [9.17, 15) is 4.79 Å². The lowest BCUT2D eigenvalue weighted by atomic mass is 10.1. The summed E-state index contributed by atoms with van der Waals surface area (Å²) in [5.41, 5.74) is 1.97. The zero-order valence-corrected chi connectivity index (χ0v) is 15.2. The molecule has 1 amide bonds. The van der Waals surface area contributed by atoms with Gasteiger partial charge in [0.1, 0.15) is 5.76 Å². The number of amides is 1. The molecule has 1 N–H and O–H groups in total. The minimum atomic E-state index is 0.0352. The molecule has 1 aliphatic heterocycles. The monoisotopic (exact) mass is 349 g/mol. The van der Waals surface area contributed by atoms with Crippen molar-refractivity contribution in [3.63, 3.8) is 0 Å². The topological polar surface area (TPSA) is 58.4 Å². The summed E-state index contributed by atoms with van der Waals surface area (Å²) in [4.78, 5) is 18.3. The Morgan fingerprint density at radius 2 is 2.08 bits per heavy atom. The fourth-order valence-electron chi connectivity index (χ4n) is 3.61. The van der Waals surface area contributed by atoms with Crippen molar-refractivity contribution in [2.24, 2.45) is 0 Å². The van der Waals surface area contributed by atoms with Crippen molar-refractivity contribution < 1.29 is 9.21 Å². The number of benzene rings is 2. The van der Waals surface area contributed by atoms with Crippen molar-refractivity contribution in [3.8, 4) is 11.5 Å². The van der Waals surface area contributed by atoms with Crippen LogP contribution in [0.3, 0.4) is 0 Å². The highest BCUT2D eigenvalue weighted by atomic mass is 16.4. The maximum Gasteiger partial charge on any atom is 0.226 e. The summed E-state index contributed by atoms with van der Waals surface area (Å²) in [6, 6.07) is 14.8. The van der Waals surface area contributed by atoms with Crippen LogP contribution in [-0.4, -0.2) is 34.9 Å². The van der Waals surface area contributed by atoms with E-state index in [1.165, 1.54) is 10.8 Å². The second-order valence-corrected chi connectivity index (χ2v) is 7.01. The molecule has 1 aliphatic rings. The summed E-state index contributed by atoms with van der Waals surface area (Å²) in [5, 5.41) is 5.39. The number of nitrogens with zero attached hydrogens (tertiary/aromatic N) is 2. The third-order valence-corrected chi connectivity index (χ3v) is 4.94. The molecule has 0 bridgehead atoms. The van der Waals surface area contributed by atoms with Crippen LogP contribution in [0.4, 0.5) is 0 Å². The lowest BCUT2D eigenvalue weighted by Gasteiger charge is -2.15. The molecule has 5 heteroatoms. The van der Waals surface area contributed by atoms with Gasteiger partial charge in [-0.1, -0.05) is 30.3 Å². The molecule has 0 radical (unpaired) electrons. The van der Waals surface area contributed by atoms with E-state index in [1.54, 1.807) is 6.92 Å². The van der Waals surface area contributed by atoms with Gasteiger partial charge in [0.05, 0.1) is 5.69 Å². The van der Waals surface area contributed by atoms with E-state index in [-0.39, 0.29) is 11.9 Å². The van der Waals surface area contributed by atoms with Crippen LogP contribution in [-0.2, 0) is 11.3 Å². The molecule has 1 fully saturated rings. The Balaban J connectivity index is 1.51. The number of carbonyl (C=O) groups is 1. The number of fused-ring (bicyclic) bond motifs is 1. The molecule has 0 unspecified atom stereocenters. The van der Waals surface area contributed by atoms with E-state index < -0.39 is 0 Å². The third kappa shape index (κ3) is 3.48. The number of hydrogen-bond acceptors (Lipinski definition) is 4. The van der Waals surface area contributed by atoms with Crippen LogP contribution in [0.5, 0.6) is 0 Å². The number of aromatic nitrogens is 1. The Morgan fingerprint density at radius 1 is 1.27 bits per heavy atom. The average molecular weight is 349 g/mol. The van der Waals surface area contributed by atoms with Crippen molar-refractivity contribution in [3.05, 3.63) is 53.9 Å². The smallest absolute Gasteiger partial charge is 0.226 e. The molecular weight excluding hydrogens is 326 g/mol. The van der Waals surface area contributed by atoms with Crippen molar-refractivity contribution in [2.75, 3.05) is 13.1 Å². The van der Waals surface area contributed by atoms with Crippen LogP contribution in [0.1, 0.15) is 24.8 Å². The van der Waals surface area contributed by atoms with Crippen LogP contribution in [0.2, 0.25) is 0 Å². The highest BCUT2D eigenvalue weighted by molar-refractivity contribution is 5.86. The molecule has 2 aromatic carbocycles. The molecule has 0 saturated carbocycles. The van der Waals surface area contributed by atoms with Gasteiger partial charge in [-0.15, -0.1) is 0 Å². The van der Waals surface area contributed by atoms with Gasteiger partial charge in [0.15, 0.2) is 0 Å². The van der Waals surface area contributed by atoms with Crippen LogP contribution in [0.25, 0.3) is 22.2 Å². The first-order valence-corrected chi connectivity index (χ1v) is 9.03. The lowest BCUT2D eigenvalue weighted by Crippen LogP contribution is -2.35. The number of nitrogens with one attached hydrogen (secondary N) is 1. The molecule has 4 rings (SSSR count). The van der Waals surface area contributed by atoms with Crippen LogP contribution in [0.15, 0.2) is 46.9 Å². The molecule has 134 valence electrons. The fraction of sp³-hybridized carbons (Fsp3) is 0.333. The Hall–Kier alpha value is -2.66. The number of carbonyl (C=O) groups excluding carboxylic acids is 1. The van der Waals surface area contributed by atoms with Crippen molar-refractivity contribution in [1.82, 2.24) is 15.2 Å². The van der Waals surface area contributed by atoms with E-state index in [0.717, 1.165) is 43.1 Å². The summed E-state index contributed by atoms with van der Waals surface area (Å²) < 4.78 is 5.94. The Labute approximate surface area is 153 Å². The second kappa shape index (κ2) is 6.92. The predicted molar refractivity (Wildman–Crippen MR) is 102 cm³/mol. The molecule has 0 aliphatic carbocycles. The molecule has 1 saturated heterocycles. The van der Waals surface area contributed by atoms with Crippen molar-refractivity contribution >= 4 is 16.7 Å². The van der Waals surface area contributed by atoms with Gasteiger partial charge >= 0.3 is 0 Å². The van der Waals surface area contributed by atoms with Crippen molar-refractivity contribution in [2.45, 2.75) is 32.9 Å². The predicted octanol–water partition coefficient (Wildman–Crippen LogP) is 3.51. The molecular formula is C21H23N3O2. The summed E-state index contributed by atoms with van der Waals surface area (Å²) in [6.07, 6.45) is 0.980. The second-order valence-electron chi connectivity index (χ2n) is 7.01. The molecule has 1 atom stereocenters.